The fourth-order valence-corrected chi connectivity index (χ4v) is 5.23. The molecule has 3 heterocycles. The van der Waals surface area contributed by atoms with Crippen LogP contribution in [0.3, 0.4) is 0 Å². The molecule has 2 aromatic rings. The van der Waals surface area contributed by atoms with Gasteiger partial charge in [-0.15, -0.1) is 0 Å². The van der Waals surface area contributed by atoms with Crippen molar-refractivity contribution in [2.24, 2.45) is 0 Å². The van der Waals surface area contributed by atoms with E-state index >= 15 is 0 Å². The van der Waals surface area contributed by atoms with Gasteiger partial charge in [0.05, 0.1) is 0 Å². The fourth-order valence-electron chi connectivity index (χ4n) is 5.23. The van der Waals surface area contributed by atoms with Crippen LogP contribution in [0.15, 0.2) is 60.7 Å². The first kappa shape index (κ1) is 30.1. The van der Waals surface area contributed by atoms with Gasteiger partial charge >= 0.3 is 11.9 Å². The number of ether oxygens (including phenoxy) is 7. The Morgan fingerprint density at radius 2 is 1.31 bits per heavy atom. The summed E-state index contributed by atoms with van der Waals surface area (Å²) in [7, 11) is 0. The van der Waals surface area contributed by atoms with Crippen LogP contribution in [-0.4, -0.2) is 66.2 Å². The number of hydrogen-bond acceptors (Lipinski definition) is 10. The molecule has 42 heavy (non-hydrogen) atoms. The Labute approximate surface area is 244 Å². The second kappa shape index (κ2) is 12.5. The zero-order chi connectivity index (χ0) is 29.9. The van der Waals surface area contributed by atoms with Gasteiger partial charge in [0.15, 0.2) is 24.0 Å². The maximum absolute atomic E-state index is 13.7. The highest BCUT2D eigenvalue weighted by atomic mass is 16.9. The zero-order valence-electron chi connectivity index (χ0n) is 24.1. The molecule has 11 nitrogen and oxygen atoms in total. The number of benzene rings is 2. The fraction of sp³-hybridized carbons (Fsp3) is 0.516. The Balaban J connectivity index is 1.26. The predicted molar refractivity (Wildman–Crippen MR) is 146 cm³/mol. The first-order valence-electron chi connectivity index (χ1n) is 14.1. The summed E-state index contributed by atoms with van der Waals surface area (Å²) in [6, 6.07) is 17.2. The van der Waals surface area contributed by atoms with Gasteiger partial charge in [-0.25, -0.2) is 4.79 Å². The molecule has 6 unspecified atom stereocenters. The summed E-state index contributed by atoms with van der Waals surface area (Å²) >= 11 is 0. The van der Waals surface area contributed by atoms with Crippen molar-refractivity contribution in [3.63, 3.8) is 0 Å². The van der Waals surface area contributed by atoms with Gasteiger partial charge in [-0.3, -0.25) is 9.59 Å². The minimum absolute atomic E-state index is 0.00425. The molecule has 0 aliphatic carbocycles. The van der Waals surface area contributed by atoms with E-state index < -0.39 is 66.2 Å². The molecule has 11 heteroatoms. The van der Waals surface area contributed by atoms with Crippen LogP contribution in [0.4, 0.5) is 0 Å². The topological polar surface area (TPSA) is 128 Å². The molecule has 3 saturated heterocycles. The molecular weight excluding hydrogens is 546 g/mol. The molecule has 3 aliphatic heterocycles. The normalized spacial score (nSPS) is 27.8. The summed E-state index contributed by atoms with van der Waals surface area (Å²) in [4.78, 5) is 39.4. The van der Waals surface area contributed by atoms with Crippen LogP contribution in [0.1, 0.15) is 51.7 Å². The van der Waals surface area contributed by atoms with Crippen molar-refractivity contribution in [2.75, 3.05) is 0 Å². The molecule has 0 saturated carbocycles. The molecule has 3 aliphatic rings. The van der Waals surface area contributed by atoms with Crippen molar-refractivity contribution >= 4 is 17.8 Å². The Bertz CT molecular complexity index is 1250. The third-order valence-corrected chi connectivity index (χ3v) is 7.12. The van der Waals surface area contributed by atoms with Crippen LogP contribution in [-0.2, 0) is 60.8 Å². The third kappa shape index (κ3) is 7.34. The Morgan fingerprint density at radius 1 is 0.762 bits per heavy atom. The van der Waals surface area contributed by atoms with Crippen molar-refractivity contribution in [3.8, 4) is 0 Å². The number of esters is 2. The smallest absolute Gasteiger partial charge is 0.328 e. The molecule has 226 valence electrons. The van der Waals surface area contributed by atoms with Crippen molar-refractivity contribution in [3.05, 3.63) is 71.8 Å². The van der Waals surface area contributed by atoms with Crippen molar-refractivity contribution in [1.29, 1.82) is 0 Å². The third-order valence-electron chi connectivity index (χ3n) is 7.12. The predicted octanol–water partition coefficient (Wildman–Crippen LogP) is 3.13. The number of hydrogen-bond donors (Lipinski definition) is 1. The molecule has 0 aromatic heterocycles. The standard InChI is InChI=1S/C31H37NO10/c1-30(2)39-23-24(40-30)26-29(42-31(3,4)41-26)38-25(23)27(34)32-21(28(35)37-18-20-13-9-6-10-14-20)15-16-22(33)36-17-19-11-7-5-8-12-19/h5-14,21,23-26,29H,15-18H2,1-4H3,(H,32,34). The summed E-state index contributed by atoms with van der Waals surface area (Å²) in [5.41, 5.74) is 1.62. The van der Waals surface area contributed by atoms with Gasteiger partial charge in [-0.05, 0) is 45.2 Å². The summed E-state index contributed by atoms with van der Waals surface area (Å²) in [6.45, 7) is 7.07. The van der Waals surface area contributed by atoms with Crippen molar-refractivity contribution < 1.29 is 47.5 Å². The molecule has 6 atom stereocenters. The Morgan fingerprint density at radius 3 is 1.95 bits per heavy atom. The van der Waals surface area contributed by atoms with Crippen molar-refractivity contribution in [1.82, 2.24) is 5.32 Å². The van der Waals surface area contributed by atoms with E-state index in [9.17, 15) is 14.4 Å². The van der Waals surface area contributed by atoms with Gasteiger partial charge in [0.2, 0.25) is 0 Å². The Kier molecular flexibility index (Phi) is 8.95. The highest BCUT2D eigenvalue weighted by Crippen LogP contribution is 2.44. The number of carbonyl (C=O) groups is 3. The van der Waals surface area contributed by atoms with E-state index in [0.717, 1.165) is 11.1 Å². The molecule has 3 fully saturated rings. The Hall–Kier alpha value is -3.35. The minimum Gasteiger partial charge on any atom is -0.461 e. The zero-order valence-corrected chi connectivity index (χ0v) is 24.1. The SMILES string of the molecule is CC1(C)OC2OC(C(=O)NC(CCC(=O)OCc3ccccc3)C(=O)OCc3ccccc3)C3OC(C)(C)OC3C2O1. The second-order valence-corrected chi connectivity index (χ2v) is 11.4. The minimum atomic E-state index is -1.18. The maximum Gasteiger partial charge on any atom is 0.328 e. The van der Waals surface area contributed by atoms with Crippen LogP contribution in [0, 0.1) is 0 Å². The molecule has 0 bridgehead atoms. The van der Waals surface area contributed by atoms with E-state index in [4.69, 9.17) is 33.2 Å². The lowest BCUT2D eigenvalue weighted by molar-refractivity contribution is -0.231. The van der Waals surface area contributed by atoms with Crippen LogP contribution in [0.2, 0.25) is 0 Å². The lowest BCUT2D eigenvalue weighted by Crippen LogP contribution is -2.61. The first-order chi connectivity index (χ1) is 20.0. The van der Waals surface area contributed by atoms with Crippen LogP contribution >= 0.6 is 0 Å². The second-order valence-electron chi connectivity index (χ2n) is 11.4. The summed E-state index contributed by atoms with van der Waals surface area (Å²) in [5.74, 6) is -3.79. The summed E-state index contributed by atoms with van der Waals surface area (Å²) < 4.78 is 40.9. The summed E-state index contributed by atoms with van der Waals surface area (Å²) in [6.07, 6.45) is -4.31. The molecule has 1 amide bonds. The average molecular weight is 584 g/mol. The van der Waals surface area contributed by atoms with E-state index in [1.807, 2.05) is 60.7 Å². The van der Waals surface area contributed by atoms with Crippen LogP contribution in [0.5, 0.6) is 0 Å². The van der Waals surface area contributed by atoms with Crippen LogP contribution < -0.4 is 5.32 Å². The van der Waals surface area contributed by atoms with Gasteiger partial charge in [0.1, 0.15) is 37.6 Å². The quantitative estimate of drug-likeness (QED) is 0.417. The lowest BCUT2D eigenvalue weighted by atomic mass is 9.98. The first-order valence-corrected chi connectivity index (χ1v) is 14.1. The van der Waals surface area contributed by atoms with E-state index in [1.165, 1.54) is 0 Å². The van der Waals surface area contributed by atoms with Gasteiger partial charge < -0.3 is 38.5 Å². The monoisotopic (exact) mass is 583 g/mol. The van der Waals surface area contributed by atoms with E-state index in [-0.39, 0.29) is 26.1 Å². The maximum atomic E-state index is 13.7. The highest BCUT2D eigenvalue weighted by Gasteiger charge is 2.62. The molecule has 0 radical (unpaired) electrons. The molecule has 5 rings (SSSR count). The van der Waals surface area contributed by atoms with Gasteiger partial charge in [0.25, 0.3) is 5.91 Å². The van der Waals surface area contributed by atoms with Gasteiger partial charge in [0, 0.05) is 6.42 Å². The van der Waals surface area contributed by atoms with E-state index in [2.05, 4.69) is 5.32 Å². The molecular formula is C31H37NO10. The largest absolute Gasteiger partial charge is 0.461 e. The van der Waals surface area contributed by atoms with Gasteiger partial charge in [-0.1, -0.05) is 60.7 Å². The average Bonchev–Trinajstić information content (AvgIpc) is 3.46. The number of nitrogens with one attached hydrogen (secondary N) is 1. The number of fused-ring (bicyclic) bond motifs is 3. The number of rotatable bonds is 10. The molecule has 0 spiro atoms. The number of amides is 1. The van der Waals surface area contributed by atoms with Crippen molar-refractivity contribution in [2.45, 2.75) is 102 Å². The lowest BCUT2D eigenvalue weighted by Gasteiger charge is -2.36. The van der Waals surface area contributed by atoms with E-state index in [0.29, 0.717) is 0 Å². The van der Waals surface area contributed by atoms with E-state index in [1.54, 1.807) is 27.7 Å². The van der Waals surface area contributed by atoms with Gasteiger partial charge in [-0.2, -0.15) is 0 Å². The highest BCUT2D eigenvalue weighted by molar-refractivity contribution is 5.88. The molecule has 1 N–H and O–H groups in total. The van der Waals surface area contributed by atoms with Crippen LogP contribution in [0.25, 0.3) is 0 Å². The summed E-state index contributed by atoms with van der Waals surface area (Å²) in [5, 5.41) is 2.71. The molecule has 2 aromatic carbocycles. The number of carbonyl (C=O) groups excluding carboxylic acids is 3.